The van der Waals surface area contributed by atoms with E-state index in [0.29, 0.717) is 17.7 Å². The summed E-state index contributed by atoms with van der Waals surface area (Å²) in [5.74, 6) is 1.11. The lowest BCUT2D eigenvalue weighted by Gasteiger charge is -2.37. The Hall–Kier alpha value is -3.59. The molecule has 0 bridgehead atoms. The van der Waals surface area contributed by atoms with Crippen LogP contribution in [-0.2, 0) is 11.2 Å². The van der Waals surface area contributed by atoms with E-state index in [2.05, 4.69) is 27.2 Å². The van der Waals surface area contributed by atoms with Gasteiger partial charge in [0.2, 0.25) is 0 Å². The molecule has 4 rings (SSSR count). The van der Waals surface area contributed by atoms with Gasteiger partial charge in [-0.25, -0.2) is 0 Å². The fraction of sp³-hybridized carbons (Fsp3) is 0.400. The van der Waals surface area contributed by atoms with Gasteiger partial charge in [0.25, 0.3) is 11.8 Å². The van der Waals surface area contributed by atoms with Gasteiger partial charge in [-0.05, 0) is 57.1 Å². The van der Waals surface area contributed by atoms with Gasteiger partial charge in [-0.15, -0.1) is 0 Å². The first-order valence-corrected chi connectivity index (χ1v) is 11.4. The Morgan fingerprint density at radius 3 is 2.50 bits per heavy atom. The highest BCUT2D eigenvalue weighted by Crippen LogP contribution is 2.41. The third kappa shape index (κ3) is 5.31. The lowest BCUT2D eigenvalue weighted by molar-refractivity contribution is -0.123. The van der Waals surface area contributed by atoms with Gasteiger partial charge in [-0.2, -0.15) is 4.99 Å². The highest BCUT2D eigenvalue weighted by molar-refractivity contribution is 6.02. The van der Waals surface area contributed by atoms with Gasteiger partial charge in [-0.1, -0.05) is 0 Å². The minimum atomic E-state index is -0.613. The number of carbonyl (C=O) groups is 2. The van der Waals surface area contributed by atoms with Gasteiger partial charge < -0.3 is 30.3 Å². The van der Waals surface area contributed by atoms with Crippen LogP contribution in [0.25, 0.3) is 0 Å². The topological polar surface area (TPSA) is 109 Å². The van der Waals surface area contributed by atoms with E-state index >= 15 is 0 Å². The molecule has 0 saturated carbocycles. The SMILES string of the molecule is COc1cc2c(c(N3CCN(C)CC3)c1)OC(C(=O)Nc1ccc(C(=O)N=C(C)N)cc1)CC2. The van der Waals surface area contributed by atoms with Crippen molar-refractivity contribution in [1.82, 2.24) is 4.90 Å². The fourth-order valence-corrected chi connectivity index (χ4v) is 4.18. The summed E-state index contributed by atoms with van der Waals surface area (Å²) in [5, 5.41) is 2.90. The number of ether oxygens (including phenoxy) is 2. The summed E-state index contributed by atoms with van der Waals surface area (Å²) in [6.45, 7) is 5.25. The summed E-state index contributed by atoms with van der Waals surface area (Å²) in [4.78, 5) is 33.3. The van der Waals surface area contributed by atoms with Crippen LogP contribution < -0.4 is 25.4 Å². The zero-order valence-electron chi connectivity index (χ0n) is 19.8. The van der Waals surface area contributed by atoms with Crippen molar-refractivity contribution in [3.8, 4) is 11.5 Å². The molecule has 0 spiro atoms. The number of piperazine rings is 1. The van der Waals surface area contributed by atoms with E-state index in [1.807, 2.05) is 12.1 Å². The zero-order chi connectivity index (χ0) is 24.2. The summed E-state index contributed by atoms with van der Waals surface area (Å²) in [6.07, 6.45) is 0.669. The number of fused-ring (bicyclic) bond motifs is 1. The summed E-state index contributed by atoms with van der Waals surface area (Å²) >= 11 is 0. The molecule has 2 aliphatic heterocycles. The summed E-state index contributed by atoms with van der Waals surface area (Å²) in [5.41, 5.74) is 8.47. The Kier molecular flexibility index (Phi) is 7.02. The van der Waals surface area contributed by atoms with Gasteiger partial charge in [0.05, 0.1) is 12.8 Å². The van der Waals surface area contributed by atoms with E-state index in [0.717, 1.165) is 55.3 Å². The first kappa shape index (κ1) is 23.6. The highest BCUT2D eigenvalue weighted by Gasteiger charge is 2.31. The number of hydrogen-bond donors (Lipinski definition) is 2. The second-order valence-electron chi connectivity index (χ2n) is 8.70. The number of benzene rings is 2. The molecule has 34 heavy (non-hydrogen) atoms. The van der Waals surface area contributed by atoms with Crippen LogP contribution in [-0.4, -0.2) is 69.0 Å². The lowest BCUT2D eigenvalue weighted by Crippen LogP contribution is -2.45. The molecule has 3 N–H and O–H groups in total. The van der Waals surface area contributed by atoms with Crippen LogP contribution in [0.2, 0.25) is 0 Å². The molecular weight excluding hydrogens is 434 g/mol. The molecule has 2 amide bonds. The second kappa shape index (κ2) is 10.1. The number of nitrogens with two attached hydrogens (primary N) is 1. The number of nitrogens with one attached hydrogen (secondary N) is 1. The lowest BCUT2D eigenvalue weighted by atomic mass is 9.99. The Balaban J connectivity index is 1.48. The normalized spacial score (nSPS) is 18.6. The monoisotopic (exact) mass is 465 g/mol. The number of methoxy groups -OCH3 is 1. The molecule has 1 fully saturated rings. The van der Waals surface area contributed by atoms with Crippen LogP contribution in [0.5, 0.6) is 11.5 Å². The molecule has 1 atom stereocenters. The van der Waals surface area contributed by atoms with E-state index in [1.54, 1.807) is 38.3 Å². The molecular formula is C25H31N5O4. The van der Waals surface area contributed by atoms with Gasteiger partial charge in [0, 0.05) is 49.1 Å². The maximum Gasteiger partial charge on any atom is 0.278 e. The Morgan fingerprint density at radius 1 is 1.15 bits per heavy atom. The predicted octanol–water partition coefficient (Wildman–Crippen LogP) is 2.30. The van der Waals surface area contributed by atoms with Crippen LogP contribution in [0.3, 0.4) is 0 Å². The van der Waals surface area contributed by atoms with Gasteiger partial charge in [0.15, 0.2) is 6.10 Å². The number of anilines is 2. The number of aryl methyl sites for hydroxylation is 1. The molecule has 2 heterocycles. The quantitative estimate of drug-likeness (QED) is 0.515. The number of aliphatic imine (C=N–C) groups is 1. The molecule has 0 aliphatic carbocycles. The first-order valence-electron chi connectivity index (χ1n) is 11.4. The molecule has 180 valence electrons. The minimum Gasteiger partial charge on any atom is -0.497 e. The van der Waals surface area contributed by atoms with E-state index in [-0.39, 0.29) is 11.7 Å². The molecule has 0 aromatic heterocycles. The van der Waals surface area contributed by atoms with Crippen molar-refractivity contribution in [2.24, 2.45) is 10.7 Å². The first-order chi connectivity index (χ1) is 16.3. The Labute approximate surface area is 199 Å². The van der Waals surface area contributed by atoms with Gasteiger partial charge >= 0.3 is 0 Å². The van der Waals surface area contributed by atoms with E-state index in [9.17, 15) is 9.59 Å². The van der Waals surface area contributed by atoms with E-state index < -0.39 is 12.0 Å². The van der Waals surface area contributed by atoms with Crippen molar-refractivity contribution >= 4 is 29.0 Å². The molecule has 2 aliphatic rings. The molecule has 2 aromatic rings. The standard InChI is InChI=1S/C25H31N5O4/c1-16(26)27-24(31)17-4-7-19(8-5-17)28-25(32)22-9-6-18-14-20(33-3)15-21(23(18)34-22)30-12-10-29(2)11-13-30/h4-5,7-8,14-15,22H,6,9-13H2,1-3H3,(H,28,32)(H2,26,27,31). The maximum atomic E-state index is 13.0. The summed E-state index contributed by atoms with van der Waals surface area (Å²) in [7, 11) is 3.78. The minimum absolute atomic E-state index is 0.200. The third-order valence-corrected chi connectivity index (χ3v) is 6.11. The molecule has 1 saturated heterocycles. The molecule has 9 heteroatoms. The second-order valence-corrected chi connectivity index (χ2v) is 8.70. The van der Waals surface area contributed by atoms with E-state index in [4.69, 9.17) is 15.2 Å². The van der Waals surface area contributed by atoms with Crippen LogP contribution in [0.1, 0.15) is 29.3 Å². The van der Waals surface area contributed by atoms with Gasteiger partial charge in [0.1, 0.15) is 17.3 Å². The van der Waals surface area contributed by atoms with Crippen molar-refractivity contribution in [3.05, 3.63) is 47.5 Å². The van der Waals surface area contributed by atoms with Crippen LogP contribution >= 0.6 is 0 Å². The average molecular weight is 466 g/mol. The number of likely N-dealkylation sites (N-methyl/N-ethyl adjacent to an activating group) is 1. The van der Waals surface area contributed by atoms with Crippen LogP contribution in [0, 0.1) is 0 Å². The zero-order valence-corrected chi connectivity index (χ0v) is 19.8. The Morgan fingerprint density at radius 2 is 1.85 bits per heavy atom. The highest BCUT2D eigenvalue weighted by atomic mass is 16.5. The smallest absolute Gasteiger partial charge is 0.278 e. The maximum absolute atomic E-state index is 13.0. The number of hydrogen-bond acceptors (Lipinski definition) is 6. The van der Waals surface area contributed by atoms with Crippen molar-refractivity contribution in [3.63, 3.8) is 0 Å². The number of amidine groups is 1. The molecule has 9 nitrogen and oxygen atoms in total. The summed E-state index contributed by atoms with van der Waals surface area (Å²) < 4.78 is 11.8. The summed E-state index contributed by atoms with van der Waals surface area (Å²) in [6, 6.07) is 10.5. The average Bonchev–Trinajstić information content (AvgIpc) is 2.83. The van der Waals surface area contributed by atoms with E-state index in [1.165, 1.54) is 0 Å². The third-order valence-electron chi connectivity index (χ3n) is 6.11. The van der Waals surface area contributed by atoms with Crippen LogP contribution in [0.15, 0.2) is 41.4 Å². The molecule has 2 aromatic carbocycles. The van der Waals surface area contributed by atoms with Crippen molar-refractivity contribution in [1.29, 1.82) is 0 Å². The fourth-order valence-electron chi connectivity index (χ4n) is 4.18. The number of rotatable bonds is 5. The predicted molar refractivity (Wildman–Crippen MR) is 132 cm³/mol. The van der Waals surface area contributed by atoms with Crippen LogP contribution in [0.4, 0.5) is 11.4 Å². The van der Waals surface area contributed by atoms with Crippen molar-refractivity contribution < 1.29 is 19.1 Å². The number of carbonyl (C=O) groups excluding carboxylic acids is 2. The van der Waals surface area contributed by atoms with Crippen molar-refractivity contribution in [2.75, 3.05) is 50.6 Å². The number of amides is 2. The molecule has 0 radical (unpaired) electrons. The number of nitrogens with zero attached hydrogens (tertiary/aromatic N) is 3. The molecule has 1 unspecified atom stereocenters. The van der Waals surface area contributed by atoms with Gasteiger partial charge in [-0.3, -0.25) is 9.59 Å². The Bertz CT molecular complexity index is 1090. The van der Waals surface area contributed by atoms with Crippen molar-refractivity contribution in [2.45, 2.75) is 25.9 Å². The largest absolute Gasteiger partial charge is 0.497 e.